The van der Waals surface area contributed by atoms with Crippen LogP contribution in [0, 0.1) is 0 Å². The van der Waals surface area contributed by atoms with E-state index in [1.807, 2.05) is 0 Å². The van der Waals surface area contributed by atoms with Crippen molar-refractivity contribution in [2.75, 3.05) is 13.1 Å². The van der Waals surface area contributed by atoms with E-state index in [4.69, 9.17) is 5.14 Å². The number of nitrogens with zero attached hydrogens (tertiary/aromatic N) is 1. The summed E-state index contributed by atoms with van der Waals surface area (Å²) in [6.45, 7) is 0.383. The monoisotopic (exact) mass is 467 g/mol. The van der Waals surface area contributed by atoms with E-state index >= 15 is 0 Å². The summed E-state index contributed by atoms with van der Waals surface area (Å²) in [5.74, 6) is -0.879. The number of sulfonamides is 1. The first-order valence-corrected chi connectivity index (χ1v) is 11.0. The van der Waals surface area contributed by atoms with E-state index in [9.17, 15) is 31.2 Å². The summed E-state index contributed by atoms with van der Waals surface area (Å²) >= 11 is 0. The average Bonchev–Trinajstić information content (AvgIpc) is 2.74. The number of nitrogens with two attached hydrogens (primary N) is 1. The third-order valence-electron chi connectivity index (χ3n) is 4.95. The summed E-state index contributed by atoms with van der Waals surface area (Å²) in [5, 5.41) is 7.58. The number of amides is 2. The summed E-state index contributed by atoms with van der Waals surface area (Å²) in [6, 6.07) is 8.81. The van der Waals surface area contributed by atoms with E-state index in [1.165, 1.54) is 30.3 Å². The van der Waals surface area contributed by atoms with Gasteiger partial charge in [-0.25, -0.2) is 13.6 Å². The van der Waals surface area contributed by atoms with E-state index in [1.54, 1.807) is 11.0 Å². The third kappa shape index (κ3) is 5.95. The molecule has 2 aromatic rings. The molecule has 0 spiro atoms. The summed E-state index contributed by atoms with van der Waals surface area (Å²) in [4.78, 5) is 25.9. The first-order valence-electron chi connectivity index (χ1n) is 9.49. The molecular formula is C21H20F3N3O4S. The van der Waals surface area contributed by atoms with Gasteiger partial charge in [0.25, 0.3) is 0 Å². The van der Waals surface area contributed by atoms with E-state index < -0.39 is 27.7 Å². The minimum atomic E-state index is -4.43. The van der Waals surface area contributed by atoms with Crippen molar-refractivity contribution in [3.05, 3.63) is 70.8 Å². The van der Waals surface area contributed by atoms with E-state index in [-0.39, 0.29) is 23.9 Å². The molecule has 1 aliphatic heterocycles. The molecule has 0 aliphatic carbocycles. The zero-order valence-electron chi connectivity index (χ0n) is 16.7. The number of primary sulfonamides is 1. The highest BCUT2D eigenvalue weighted by Crippen LogP contribution is 2.29. The number of carbonyl (C=O) groups is 2. The van der Waals surface area contributed by atoms with Crippen LogP contribution in [0.25, 0.3) is 6.08 Å². The lowest BCUT2D eigenvalue weighted by atomic mass is 10.00. The van der Waals surface area contributed by atoms with Gasteiger partial charge in [0, 0.05) is 19.2 Å². The van der Waals surface area contributed by atoms with Gasteiger partial charge in [0.1, 0.15) is 0 Å². The number of fused-ring (bicyclic) bond motifs is 1. The van der Waals surface area contributed by atoms with Gasteiger partial charge in [0.05, 0.1) is 17.0 Å². The molecule has 0 radical (unpaired) electrons. The molecule has 0 unspecified atom stereocenters. The van der Waals surface area contributed by atoms with Crippen molar-refractivity contribution in [2.45, 2.75) is 24.0 Å². The molecule has 11 heteroatoms. The highest BCUT2D eigenvalue weighted by Gasteiger charge is 2.29. The molecule has 1 aliphatic rings. The molecule has 3 N–H and O–H groups in total. The highest BCUT2D eigenvalue weighted by atomic mass is 32.2. The van der Waals surface area contributed by atoms with Crippen LogP contribution >= 0.6 is 0 Å². The molecule has 0 atom stereocenters. The fraction of sp³-hybridized carbons (Fsp3) is 0.238. The predicted molar refractivity (Wildman–Crippen MR) is 110 cm³/mol. The lowest BCUT2D eigenvalue weighted by Gasteiger charge is -2.29. The van der Waals surface area contributed by atoms with E-state index in [0.29, 0.717) is 18.5 Å². The second-order valence-electron chi connectivity index (χ2n) is 7.21. The number of hydrogen-bond donors (Lipinski definition) is 2. The van der Waals surface area contributed by atoms with Crippen LogP contribution < -0.4 is 10.5 Å². The van der Waals surface area contributed by atoms with Crippen LogP contribution in [-0.4, -0.2) is 38.2 Å². The second-order valence-corrected chi connectivity index (χ2v) is 8.77. The number of carbonyl (C=O) groups excluding carboxylic acids is 2. The Hall–Kier alpha value is -3.18. The molecular weight excluding hydrogens is 447 g/mol. The molecule has 3 rings (SSSR count). The average molecular weight is 467 g/mol. The Balaban J connectivity index is 1.52. The Morgan fingerprint density at radius 3 is 2.41 bits per heavy atom. The molecule has 170 valence electrons. The molecule has 2 amide bonds. The van der Waals surface area contributed by atoms with Gasteiger partial charge in [-0.15, -0.1) is 0 Å². The molecule has 7 nitrogen and oxygen atoms in total. The Labute approximate surface area is 182 Å². The maximum absolute atomic E-state index is 12.6. The van der Waals surface area contributed by atoms with Gasteiger partial charge in [0.2, 0.25) is 21.8 Å². The first-order chi connectivity index (χ1) is 14.9. The van der Waals surface area contributed by atoms with Gasteiger partial charge in [-0.1, -0.05) is 18.2 Å². The van der Waals surface area contributed by atoms with Crippen molar-refractivity contribution in [3.63, 3.8) is 0 Å². The Morgan fingerprint density at radius 1 is 1.09 bits per heavy atom. The standard InChI is InChI=1S/C21H20F3N3O4S/c22-21(23,24)17-5-1-14(2-6-17)3-8-19(28)26-12-20(29)27-10-9-15-11-18(32(25,30)31)7-4-16(15)13-27/h1-8,11H,9-10,12-13H2,(H,26,28)(H2,25,30,31)/b8-3+. The zero-order chi connectivity index (χ0) is 23.5. The minimum absolute atomic E-state index is 0.0168. The second kappa shape index (κ2) is 9.13. The van der Waals surface area contributed by atoms with Crippen molar-refractivity contribution >= 4 is 27.9 Å². The quantitative estimate of drug-likeness (QED) is 0.656. The zero-order valence-corrected chi connectivity index (χ0v) is 17.5. The van der Waals surface area contributed by atoms with Crippen LogP contribution in [0.5, 0.6) is 0 Å². The number of alkyl halides is 3. The summed E-state index contributed by atoms with van der Waals surface area (Å²) in [5.41, 5.74) is 1.22. The van der Waals surface area contributed by atoms with Gasteiger partial charge < -0.3 is 10.2 Å². The lowest BCUT2D eigenvalue weighted by molar-refractivity contribution is -0.137. The number of benzene rings is 2. The van der Waals surface area contributed by atoms with E-state index in [0.717, 1.165) is 29.3 Å². The molecule has 0 saturated carbocycles. The number of nitrogens with one attached hydrogen (secondary N) is 1. The van der Waals surface area contributed by atoms with Crippen LogP contribution in [0.4, 0.5) is 13.2 Å². The van der Waals surface area contributed by atoms with Crippen LogP contribution in [0.2, 0.25) is 0 Å². The summed E-state index contributed by atoms with van der Waals surface area (Å²) < 4.78 is 60.6. The van der Waals surface area contributed by atoms with Crippen LogP contribution in [-0.2, 0) is 38.8 Å². The van der Waals surface area contributed by atoms with Gasteiger partial charge in [-0.05, 0) is 53.5 Å². The van der Waals surface area contributed by atoms with Gasteiger partial charge in [-0.2, -0.15) is 13.2 Å². The number of rotatable bonds is 5. The van der Waals surface area contributed by atoms with Crippen molar-refractivity contribution < 1.29 is 31.2 Å². The molecule has 2 aromatic carbocycles. The van der Waals surface area contributed by atoms with Crippen molar-refractivity contribution in [1.82, 2.24) is 10.2 Å². The largest absolute Gasteiger partial charge is 0.416 e. The molecule has 0 bridgehead atoms. The third-order valence-corrected chi connectivity index (χ3v) is 5.86. The maximum atomic E-state index is 12.6. The topological polar surface area (TPSA) is 110 Å². The predicted octanol–water partition coefficient (Wildman–Crippen LogP) is 2.07. The van der Waals surface area contributed by atoms with Crippen molar-refractivity contribution in [3.8, 4) is 0 Å². The highest BCUT2D eigenvalue weighted by molar-refractivity contribution is 7.89. The number of halogens is 3. The Morgan fingerprint density at radius 2 is 1.78 bits per heavy atom. The van der Waals surface area contributed by atoms with Gasteiger partial charge >= 0.3 is 6.18 Å². The van der Waals surface area contributed by atoms with Gasteiger partial charge in [-0.3, -0.25) is 9.59 Å². The smallest absolute Gasteiger partial charge is 0.343 e. The fourth-order valence-corrected chi connectivity index (χ4v) is 3.77. The SMILES string of the molecule is NS(=O)(=O)c1ccc2c(c1)CCN(C(=O)CNC(=O)/C=C/c1ccc(C(F)(F)F)cc1)C2. The van der Waals surface area contributed by atoms with E-state index in [2.05, 4.69) is 5.32 Å². The molecule has 0 fully saturated rings. The normalized spacial score (nSPS) is 14.3. The molecule has 32 heavy (non-hydrogen) atoms. The summed E-state index contributed by atoms with van der Waals surface area (Å²) in [7, 11) is -3.80. The Kier molecular flexibility index (Phi) is 6.70. The molecule has 0 aromatic heterocycles. The molecule has 0 saturated heterocycles. The number of hydrogen-bond acceptors (Lipinski definition) is 4. The van der Waals surface area contributed by atoms with Crippen molar-refractivity contribution in [1.29, 1.82) is 0 Å². The Bertz CT molecular complexity index is 1160. The lowest BCUT2D eigenvalue weighted by Crippen LogP contribution is -2.42. The molecule has 1 heterocycles. The van der Waals surface area contributed by atoms with Gasteiger partial charge in [0.15, 0.2) is 0 Å². The maximum Gasteiger partial charge on any atom is 0.416 e. The van der Waals surface area contributed by atoms with Crippen molar-refractivity contribution in [2.24, 2.45) is 5.14 Å². The van der Waals surface area contributed by atoms with Crippen LogP contribution in [0.15, 0.2) is 53.4 Å². The fourth-order valence-electron chi connectivity index (χ4n) is 3.21. The summed E-state index contributed by atoms with van der Waals surface area (Å²) in [6.07, 6.45) is -1.50. The van der Waals surface area contributed by atoms with Crippen LogP contribution in [0.1, 0.15) is 22.3 Å². The van der Waals surface area contributed by atoms with Crippen LogP contribution in [0.3, 0.4) is 0 Å². The minimum Gasteiger partial charge on any atom is -0.343 e. The first kappa shape index (κ1) is 23.5.